The molecule has 2 rings (SSSR count). The molecule has 0 spiro atoms. The second-order valence-corrected chi connectivity index (χ2v) is 24.4. The molecule has 0 aliphatic heterocycles. The summed E-state index contributed by atoms with van der Waals surface area (Å²) in [5.41, 5.74) is 0. The van der Waals surface area contributed by atoms with Crippen LogP contribution in [0, 0.1) is 0 Å². The molecule has 2 fully saturated rings. The number of hydrogen-bond acceptors (Lipinski definition) is 0. The first kappa shape index (κ1) is 15.4. The Bertz CT molecular complexity index is 216. The summed E-state index contributed by atoms with van der Waals surface area (Å²) in [5, 5.41) is 0. The van der Waals surface area contributed by atoms with Crippen molar-refractivity contribution in [2.24, 2.45) is 0 Å². The van der Waals surface area contributed by atoms with Crippen LogP contribution in [0.25, 0.3) is 0 Å². The van der Waals surface area contributed by atoms with Gasteiger partial charge in [-0.1, -0.05) is 0 Å². The summed E-state index contributed by atoms with van der Waals surface area (Å²) >= 11 is -1.11. The van der Waals surface area contributed by atoms with Crippen LogP contribution in [0.5, 0.6) is 0 Å². The van der Waals surface area contributed by atoms with E-state index in [1.165, 1.54) is 7.87 Å². The predicted molar refractivity (Wildman–Crippen MR) is 87.6 cm³/mol. The quantitative estimate of drug-likeness (QED) is 0.529. The monoisotopic (exact) mass is 373 g/mol. The van der Waals surface area contributed by atoms with Gasteiger partial charge in [0.2, 0.25) is 0 Å². The van der Waals surface area contributed by atoms with Gasteiger partial charge in [-0.2, -0.15) is 0 Å². The minimum absolute atomic E-state index is 0.801. The van der Waals surface area contributed by atoms with Crippen molar-refractivity contribution in [1.29, 1.82) is 0 Å². The van der Waals surface area contributed by atoms with Crippen molar-refractivity contribution in [2.45, 2.75) is 95.8 Å². The summed E-state index contributed by atoms with van der Waals surface area (Å²) in [6.07, 6.45) is 16.0. The summed E-state index contributed by atoms with van der Waals surface area (Å²) in [5.74, 6) is 0. The molecule has 0 nitrogen and oxygen atoms in total. The molecule has 0 saturated heterocycles. The van der Waals surface area contributed by atoms with Gasteiger partial charge in [-0.05, 0) is 0 Å². The Kier molecular flexibility index (Phi) is 6.12. The third kappa shape index (κ3) is 4.84. The molecule has 0 amide bonds. The molecular weight excluding hydrogens is 339 g/mol. The van der Waals surface area contributed by atoms with Crippen molar-refractivity contribution in [3.8, 4) is 0 Å². The molecule has 2 heteroatoms. The summed E-state index contributed by atoms with van der Waals surface area (Å²) in [6.45, 7) is 7.91. The second-order valence-electron chi connectivity index (χ2n) is 7.98. The molecule has 2 aliphatic carbocycles. The predicted octanol–water partition coefficient (Wildman–Crippen LogP) is 6.03. The zero-order valence-corrected chi connectivity index (χ0v) is 16.8. The van der Waals surface area contributed by atoms with Gasteiger partial charge in [0.15, 0.2) is 0 Å². The maximum atomic E-state index is 2.64. The Morgan fingerprint density at radius 1 is 0.722 bits per heavy atom. The van der Waals surface area contributed by atoms with E-state index in [9.17, 15) is 0 Å². The normalized spacial score (nSPS) is 24.7. The van der Waals surface area contributed by atoms with E-state index in [0.717, 1.165) is 0 Å². The first-order chi connectivity index (χ1) is 8.56. The topological polar surface area (TPSA) is 0 Å². The minimum atomic E-state index is -1.11. The molecule has 2 saturated carbocycles. The SMILES string of the molecule is C[Si](C)(C)[CH2][Sn]([CH]1CCCCC1)[CH]1CCCCC1. The van der Waals surface area contributed by atoms with E-state index in [1.807, 2.05) is 4.06 Å². The molecule has 0 bridgehead atoms. The van der Waals surface area contributed by atoms with E-state index in [4.69, 9.17) is 0 Å². The maximum absolute atomic E-state index is 2.64. The van der Waals surface area contributed by atoms with Crippen LogP contribution in [0.4, 0.5) is 0 Å². The fourth-order valence-corrected chi connectivity index (χ4v) is 29.9. The van der Waals surface area contributed by atoms with E-state index in [-0.39, 0.29) is 0 Å². The third-order valence-electron chi connectivity index (χ3n) is 4.99. The average molecular weight is 372 g/mol. The number of hydrogen-bond donors (Lipinski definition) is 0. The Morgan fingerprint density at radius 2 is 1.11 bits per heavy atom. The van der Waals surface area contributed by atoms with Gasteiger partial charge in [0, 0.05) is 0 Å². The van der Waals surface area contributed by atoms with Crippen LogP contribution < -0.4 is 0 Å². The molecule has 0 aromatic carbocycles. The summed E-state index contributed by atoms with van der Waals surface area (Å²) < 4.78 is 4.41. The first-order valence-corrected chi connectivity index (χ1v) is 17.4. The number of rotatable bonds is 4. The van der Waals surface area contributed by atoms with Crippen molar-refractivity contribution in [3.63, 3.8) is 0 Å². The van der Waals surface area contributed by atoms with Gasteiger partial charge in [0.1, 0.15) is 0 Å². The Hall–Kier alpha value is 1.02. The van der Waals surface area contributed by atoms with Crippen molar-refractivity contribution in [3.05, 3.63) is 0 Å². The van der Waals surface area contributed by atoms with E-state index in [1.54, 1.807) is 64.2 Å². The Morgan fingerprint density at radius 3 is 1.44 bits per heavy atom. The molecule has 0 aromatic heterocycles. The molecule has 2 aliphatic rings. The molecular formula is C16H33SiSn. The van der Waals surface area contributed by atoms with Crippen molar-refractivity contribution >= 4 is 27.8 Å². The van der Waals surface area contributed by atoms with Gasteiger partial charge in [0.05, 0.1) is 0 Å². The Balaban J connectivity index is 2.00. The van der Waals surface area contributed by atoms with Crippen LogP contribution in [0.1, 0.15) is 64.2 Å². The fraction of sp³-hybridized carbons (Fsp3) is 1.00. The van der Waals surface area contributed by atoms with Gasteiger partial charge in [-0.15, -0.1) is 0 Å². The van der Waals surface area contributed by atoms with E-state index < -0.39 is 27.8 Å². The first-order valence-electron chi connectivity index (χ1n) is 8.42. The van der Waals surface area contributed by atoms with E-state index in [2.05, 4.69) is 19.6 Å². The molecule has 0 N–H and O–H groups in total. The molecule has 18 heavy (non-hydrogen) atoms. The van der Waals surface area contributed by atoms with Crippen molar-refractivity contribution < 1.29 is 0 Å². The standard InChI is InChI=1S/2C6H11.C4H11Si.Sn/c2*1-2-4-6-5-3-1;1-5(2,3)4;/h2*1H,2-6H2;1H2,2-4H3;. The summed E-state index contributed by atoms with van der Waals surface area (Å²) in [4.78, 5) is 0. The van der Waals surface area contributed by atoms with Crippen LogP contribution in [0.2, 0.25) is 31.6 Å². The molecule has 0 unspecified atom stereocenters. The van der Waals surface area contributed by atoms with E-state index >= 15 is 0 Å². The van der Waals surface area contributed by atoms with Gasteiger partial charge in [-0.25, -0.2) is 0 Å². The summed E-state index contributed by atoms with van der Waals surface area (Å²) in [7, 11) is -0.801. The molecule has 105 valence electrons. The summed E-state index contributed by atoms with van der Waals surface area (Å²) in [6, 6.07) is 0. The van der Waals surface area contributed by atoms with Crippen LogP contribution in [-0.4, -0.2) is 27.8 Å². The second kappa shape index (κ2) is 7.15. The van der Waals surface area contributed by atoms with Crippen LogP contribution in [0.3, 0.4) is 0 Å². The molecule has 1 radical (unpaired) electrons. The van der Waals surface area contributed by atoms with Crippen LogP contribution in [0.15, 0.2) is 0 Å². The van der Waals surface area contributed by atoms with Gasteiger partial charge < -0.3 is 0 Å². The molecule has 0 atom stereocenters. The van der Waals surface area contributed by atoms with Gasteiger partial charge >= 0.3 is 124 Å². The zero-order chi connectivity index (χ0) is 13.0. The van der Waals surface area contributed by atoms with Gasteiger partial charge in [0.25, 0.3) is 0 Å². The molecule has 0 heterocycles. The fourth-order valence-electron chi connectivity index (χ4n) is 4.18. The average Bonchev–Trinajstić information content (AvgIpc) is 2.37. The molecule has 0 aromatic rings. The zero-order valence-electron chi connectivity index (χ0n) is 12.9. The van der Waals surface area contributed by atoms with E-state index in [0.29, 0.717) is 0 Å². The van der Waals surface area contributed by atoms with Crippen LogP contribution in [-0.2, 0) is 0 Å². The van der Waals surface area contributed by atoms with Gasteiger partial charge in [-0.3, -0.25) is 0 Å². The van der Waals surface area contributed by atoms with Crippen LogP contribution >= 0.6 is 0 Å². The van der Waals surface area contributed by atoms with Crippen molar-refractivity contribution in [2.75, 3.05) is 0 Å². The Labute approximate surface area is 123 Å². The third-order valence-corrected chi connectivity index (χ3v) is 28.3. The van der Waals surface area contributed by atoms with Crippen molar-refractivity contribution in [1.82, 2.24) is 0 Å².